The molecule has 0 aromatic rings. The van der Waals surface area contributed by atoms with Crippen molar-refractivity contribution >= 4 is 7.79 Å². The summed E-state index contributed by atoms with van der Waals surface area (Å²) in [6.45, 7) is 8.26. The summed E-state index contributed by atoms with van der Waals surface area (Å²) in [6, 6.07) is 0.324. The van der Waals surface area contributed by atoms with Gasteiger partial charge in [-0.05, 0) is 25.8 Å². The van der Waals surface area contributed by atoms with Gasteiger partial charge in [0.25, 0.3) is 0 Å². The van der Waals surface area contributed by atoms with Crippen molar-refractivity contribution < 1.29 is 4.89 Å². The van der Waals surface area contributed by atoms with Gasteiger partial charge in [0, 0.05) is 0 Å². The van der Waals surface area contributed by atoms with Gasteiger partial charge < -0.3 is 4.89 Å². The second-order valence-electron chi connectivity index (χ2n) is 4.46. The van der Waals surface area contributed by atoms with E-state index in [1.165, 1.54) is 0 Å². The van der Waals surface area contributed by atoms with Gasteiger partial charge in [-0.2, -0.15) is 10.2 Å². The van der Waals surface area contributed by atoms with Crippen LogP contribution in [0.1, 0.15) is 27.7 Å². The van der Waals surface area contributed by atoms with E-state index in [0.29, 0.717) is 5.92 Å². The molecule has 1 aliphatic heterocycles. The van der Waals surface area contributed by atoms with Gasteiger partial charge in [0.15, 0.2) is 0 Å². The summed E-state index contributed by atoms with van der Waals surface area (Å²) in [5.41, 5.74) is 0. The molecule has 0 aliphatic carbocycles. The Bertz CT molecular complexity index is 265. The normalized spacial score (nSPS) is 33.1. The number of allylic oxidation sites excluding steroid dienone is 1. The van der Waals surface area contributed by atoms with Gasteiger partial charge in [-0.25, -0.2) is 0 Å². The molecule has 3 nitrogen and oxygen atoms in total. The fraction of sp³-hybridized carbons (Fsp3) is 0.636. The van der Waals surface area contributed by atoms with Crippen LogP contribution < -0.4 is 15.1 Å². The fourth-order valence-electron chi connectivity index (χ4n) is 1.45. The Balaban J connectivity index is 2.44. The minimum absolute atomic E-state index is 0.126. The van der Waals surface area contributed by atoms with Crippen molar-refractivity contribution in [2.75, 3.05) is 0 Å². The van der Waals surface area contributed by atoms with Crippen LogP contribution in [0.4, 0.5) is 0 Å². The van der Waals surface area contributed by atoms with E-state index in [4.69, 9.17) is 0 Å². The molecule has 2 N–H and O–H groups in total. The third-order valence-corrected chi connectivity index (χ3v) is 4.33. The summed E-state index contributed by atoms with van der Waals surface area (Å²) in [4.78, 5) is 12.1. The van der Waals surface area contributed by atoms with Gasteiger partial charge in [0.1, 0.15) is 7.79 Å². The van der Waals surface area contributed by atoms with Crippen LogP contribution in [0.15, 0.2) is 24.0 Å². The molecular weight excluding hydrogens is 207 g/mol. The minimum atomic E-state index is -2.47. The van der Waals surface area contributed by atoms with Gasteiger partial charge in [-0.15, -0.1) is 0 Å². The SMILES string of the molecule is CC(C)/C=C/[C@H](C)N[P+]1([O-])C=C[C@H](C)N1. The first kappa shape index (κ1) is 12.9. The molecule has 1 aliphatic rings. The van der Waals surface area contributed by atoms with Crippen molar-refractivity contribution in [3.63, 3.8) is 0 Å². The highest BCUT2D eigenvalue weighted by Crippen LogP contribution is 2.47. The lowest BCUT2D eigenvalue weighted by Crippen LogP contribution is -2.38. The molecule has 1 rings (SSSR count). The van der Waals surface area contributed by atoms with Crippen molar-refractivity contribution in [3.05, 3.63) is 24.0 Å². The molecule has 0 fully saturated rings. The third-order valence-electron chi connectivity index (χ3n) is 2.16. The lowest BCUT2D eigenvalue weighted by atomic mass is 10.2. The average Bonchev–Trinajstić information content (AvgIpc) is 2.42. The van der Waals surface area contributed by atoms with Gasteiger partial charge >= 0.3 is 0 Å². The van der Waals surface area contributed by atoms with E-state index in [-0.39, 0.29) is 12.1 Å². The lowest BCUT2D eigenvalue weighted by Gasteiger charge is -2.27. The highest BCUT2D eigenvalue weighted by atomic mass is 31.2. The fourth-order valence-corrected chi connectivity index (χ4v) is 3.58. The molecule has 1 heterocycles. The Kier molecular flexibility index (Phi) is 4.47. The highest BCUT2D eigenvalue weighted by Gasteiger charge is 2.30. The largest absolute Gasteiger partial charge is 0.647 e. The second-order valence-corrected chi connectivity index (χ2v) is 6.59. The zero-order chi connectivity index (χ0) is 11.5. The molecule has 0 amide bonds. The summed E-state index contributed by atoms with van der Waals surface area (Å²) in [6.07, 6.45) is 6.11. The quantitative estimate of drug-likeness (QED) is 0.570. The van der Waals surface area contributed by atoms with E-state index in [1.807, 2.05) is 19.9 Å². The Morgan fingerprint density at radius 1 is 1.40 bits per heavy atom. The Morgan fingerprint density at radius 2 is 2.07 bits per heavy atom. The molecule has 3 atom stereocenters. The molecule has 0 aromatic carbocycles. The van der Waals surface area contributed by atoms with E-state index in [2.05, 4.69) is 36.2 Å². The van der Waals surface area contributed by atoms with Crippen LogP contribution in [-0.4, -0.2) is 12.1 Å². The zero-order valence-corrected chi connectivity index (χ0v) is 10.8. The predicted molar refractivity (Wildman–Crippen MR) is 65.2 cm³/mol. The van der Waals surface area contributed by atoms with Crippen molar-refractivity contribution in [2.24, 2.45) is 5.92 Å². The van der Waals surface area contributed by atoms with Crippen molar-refractivity contribution in [1.29, 1.82) is 0 Å². The lowest BCUT2D eigenvalue weighted by molar-refractivity contribution is -0.173. The van der Waals surface area contributed by atoms with E-state index < -0.39 is 7.79 Å². The smallest absolute Gasteiger partial charge is 0.128 e. The van der Waals surface area contributed by atoms with Crippen LogP contribution in [-0.2, 0) is 0 Å². The molecule has 86 valence electrons. The Hall–Kier alpha value is -0.210. The van der Waals surface area contributed by atoms with E-state index >= 15 is 0 Å². The van der Waals surface area contributed by atoms with E-state index in [0.717, 1.165) is 0 Å². The first-order chi connectivity index (χ1) is 6.91. The van der Waals surface area contributed by atoms with Crippen LogP contribution >= 0.6 is 7.79 Å². The molecule has 0 saturated heterocycles. The first-order valence-corrected chi connectivity index (χ1v) is 7.22. The highest BCUT2D eigenvalue weighted by molar-refractivity contribution is 7.68. The summed E-state index contributed by atoms with van der Waals surface area (Å²) in [7, 11) is -2.47. The molecule has 0 saturated carbocycles. The number of nitrogens with one attached hydrogen (secondary N) is 2. The van der Waals surface area contributed by atoms with Crippen molar-refractivity contribution in [2.45, 2.75) is 39.8 Å². The zero-order valence-electron chi connectivity index (χ0n) is 9.90. The molecule has 0 aromatic heterocycles. The van der Waals surface area contributed by atoms with Crippen LogP contribution in [0, 0.1) is 5.92 Å². The maximum absolute atomic E-state index is 12.1. The molecular formula is C11H21N2OP. The number of hydrogen-bond acceptors (Lipinski definition) is 3. The Labute approximate surface area is 93.2 Å². The molecule has 0 bridgehead atoms. The standard InChI is InChI=1S/C11H21N2OP/c1-9(2)5-6-10(3)12-15(14)8-7-11(4)13-15/h5-11H,1-4H3,(H2,12,13,14)/b6-5+/t10-,11-,15?/m0/s1. The summed E-state index contributed by atoms with van der Waals surface area (Å²) in [5, 5.41) is 6.16. The predicted octanol–water partition coefficient (Wildman–Crippen LogP) is 1.80. The maximum Gasteiger partial charge on any atom is 0.128 e. The van der Waals surface area contributed by atoms with Crippen LogP contribution in [0.25, 0.3) is 0 Å². The number of hydrogen-bond donors (Lipinski definition) is 2. The topological polar surface area (TPSA) is 47.1 Å². The van der Waals surface area contributed by atoms with Crippen molar-refractivity contribution in [1.82, 2.24) is 10.2 Å². The Morgan fingerprint density at radius 3 is 2.53 bits per heavy atom. The van der Waals surface area contributed by atoms with E-state index in [1.54, 1.807) is 5.82 Å². The van der Waals surface area contributed by atoms with Crippen LogP contribution in [0.5, 0.6) is 0 Å². The van der Waals surface area contributed by atoms with Crippen LogP contribution in [0.3, 0.4) is 0 Å². The summed E-state index contributed by atoms with van der Waals surface area (Å²) >= 11 is 0. The molecule has 4 heteroatoms. The van der Waals surface area contributed by atoms with Gasteiger partial charge in [-0.1, -0.05) is 26.0 Å². The minimum Gasteiger partial charge on any atom is -0.647 e. The maximum atomic E-state index is 12.1. The third kappa shape index (κ3) is 4.43. The first-order valence-electron chi connectivity index (χ1n) is 5.44. The number of rotatable bonds is 4. The van der Waals surface area contributed by atoms with Crippen molar-refractivity contribution in [3.8, 4) is 0 Å². The van der Waals surface area contributed by atoms with Gasteiger partial charge in [0.2, 0.25) is 0 Å². The monoisotopic (exact) mass is 228 g/mol. The van der Waals surface area contributed by atoms with Gasteiger partial charge in [0.05, 0.1) is 17.9 Å². The van der Waals surface area contributed by atoms with E-state index in [9.17, 15) is 4.89 Å². The summed E-state index contributed by atoms with van der Waals surface area (Å²) in [5.74, 6) is 2.29. The molecule has 0 spiro atoms. The van der Waals surface area contributed by atoms with Gasteiger partial charge in [-0.3, -0.25) is 0 Å². The van der Waals surface area contributed by atoms with Crippen LogP contribution in [0.2, 0.25) is 0 Å². The summed E-state index contributed by atoms with van der Waals surface area (Å²) < 4.78 is 0. The molecule has 15 heavy (non-hydrogen) atoms. The second kappa shape index (κ2) is 5.22. The molecule has 1 unspecified atom stereocenters. The molecule has 0 radical (unpaired) electrons. The average molecular weight is 228 g/mol.